The Morgan fingerprint density at radius 2 is 2.14 bits per heavy atom. The summed E-state index contributed by atoms with van der Waals surface area (Å²) in [5.41, 5.74) is 5.11. The van der Waals surface area contributed by atoms with Crippen molar-refractivity contribution in [3.8, 4) is 5.75 Å². The van der Waals surface area contributed by atoms with Crippen molar-refractivity contribution in [3.63, 3.8) is 0 Å². The summed E-state index contributed by atoms with van der Waals surface area (Å²) in [4.78, 5) is 0. The predicted octanol–water partition coefficient (Wildman–Crippen LogP) is 2.06. The Kier molecular flexibility index (Phi) is 5.70. The van der Waals surface area contributed by atoms with Crippen LogP contribution in [-0.2, 0) is 29.1 Å². The van der Waals surface area contributed by atoms with Crippen molar-refractivity contribution in [1.29, 1.82) is 0 Å². The number of fused-ring (bicyclic) bond motifs is 1. The molecule has 5 nitrogen and oxygen atoms in total. The van der Waals surface area contributed by atoms with Gasteiger partial charge in [0.15, 0.2) is 9.84 Å². The van der Waals surface area contributed by atoms with Gasteiger partial charge in [-0.1, -0.05) is 24.8 Å². The molecule has 0 saturated carbocycles. The molecular weight excluding hydrogens is 372 g/mol. The number of aryl methyl sites for hydroxylation is 1. The standard InChI is InChI=1S/C22H28N2O3S/c1-6-15(2)22-18(19-14-28(25,26)12-10-20(19)24(22)4)9-11-23-17-8-7-16(3)21(13-17)27-5/h6-9,13,23H,1,10-12,14H2,2-5H3/b18-9-,22-15+. The van der Waals surface area contributed by atoms with Crippen LogP contribution < -0.4 is 20.6 Å². The van der Waals surface area contributed by atoms with Crippen LogP contribution in [0.2, 0.25) is 0 Å². The molecule has 0 atom stereocenters. The predicted molar refractivity (Wildman–Crippen MR) is 116 cm³/mol. The molecule has 0 unspecified atom stereocenters. The number of rotatable bonds is 5. The largest absolute Gasteiger partial charge is 0.496 e. The molecule has 1 aliphatic rings. The quantitative estimate of drug-likeness (QED) is 0.835. The summed E-state index contributed by atoms with van der Waals surface area (Å²) in [5, 5.41) is 5.42. The van der Waals surface area contributed by atoms with E-state index in [2.05, 4.69) is 22.5 Å². The molecule has 28 heavy (non-hydrogen) atoms. The van der Waals surface area contributed by atoms with Crippen molar-refractivity contribution in [1.82, 2.24) is 4.57 Å². The van der Waals surface area contributed by atoms with Gasteiger partial charge < -0.3 is 14.6 Å². The van der Waals surface area contributed by atoms with Gasteiger partial charge in [0, 0.05) is 42.7 Å². The van der Waals surface area contributed by atoms with Gasteiger partial charge in [-0.3, -0.25) is 0 Å². The molecule has 0 fully saturated rings. The van der Waals surface area contributed by atoms with Crippen LogP contribution in [0.25, 0.3) is 11.6 Å². The smallest absolute Gasteiger partial charge is 0.154 e. The monoisotopic (exact) mass is 400 g/mol. The number of benzene rings is 1. The Bertz CT molecular complexity index is 1140. The zero-order valence-electron chi connectivity index (χ0n) is 17.0. The summed E-state index contributed by atoms with van der Waals surface area (Å²) in [6.45, 7) is 8.50. The van der Waals surface area contributed by atoms with Crippen LogP contribution in [0.15, 0.2) is 30.9 Å². The normalized spacial score (nSPS) is 17.1. The first kappa shape index (κ1) is 20.3. The number of hydrogen-bond donors (Lipinski definition) is 1. The van der Waals surface area contributed by atoms with Crippen LogP contribution in [0.5, 0.6) is 5.75 Å². The van der Waals surface area contributed by atoms with Gasteiger partial charge in [0.05, 0.1) is 24.0 Å². The highest BCUT2D eigenvalue weighted by atomic mass is 32.2. The van der Waals surface area contributed by atoms with Crippen molar-refractivity contribution in [3.05, 3.63) is 58.2 Å². The molecule has 1 N–H and O–H groups in total. The fraction of sp³-hybridized carbons (Fsp3) is 0.364. The lowest BCUT2D eigenvalue weighted by Crippen LogP contribution is -2.32. The lowest BCUT2D eigenvalue weighted by molar-refractivity contribution is 0.412. The first-order valence-electron chi connectivity index (χ1n) is 9.36. The van der Waals surface area contributed by atoms with Gasteiger partial charge in [-0.25, -0.2) is 8.42 Å². The number of methoxy groups -OCH3 is 1. The van der Waals surface area contributed by atoms with Crippen LogP contribution in [-0.4, -0.2) is 32.4 Å². The number of anilines is 1. The average molecular weight is 401 g/mol. The van der Waals surface area contributed by atoms with Crippen LogP contribution in [0, 0.1) is 6.92 Å². The summed E-state index contributed by atoms with van der Waals surface area (Å²) >= 11 is 0. The summed E-state index contributed by atoms with van der Waals surface area (Å²) < 4.78 is 32.0. The number of ether oxygens (including phenoxy) is 1. The van der Waals surface area contributed by atoms with E-state index < -0.39 is 9.84 Å². The second-order valence-electron chi connectivity index (χ2n) is 7.25. The Morgan fingerprint density at radius 3 is 2.82 bits per heavy atom. The van der Waals surface area contributed by atoms with Gasteiger partial charge in [0.2, 0.25) is 0 Å². The molecule has 0 aliphatic carbocycles. The molecule has 1 aromatic heterocycles. The molecular formula is C22H28N2O3S. The Hall–Kier alpha value is -2.47. The first-order chi connectivity index (χ1) is 13.3. The molecule has 0 spiro atoms. The third kappa shape index (κ3) is 3.87. The second kappa shape index (κ2) is 7.87. The molecule has 150 valence electrons. The number of nitrogens with zero attached hydrogens (tertiary/aromatic N) is 1. The lowest BCUT2D eigenvalue weighted by Gasteiger charge is -2.14. The van der Waals surface area contributed by atoms with Crippen molar-refractivity contribution < 1.29 is 13.2 Å². The fourth-order valence-corrected chi connectivity index (χ4v) is 5.25. The minimum absolute atomic E-state index is 0.102. The molecule has 1 aliphatic heterocycles. The van der Waals surface area contributed by atoms with E-state index in [1.165, 1.54) is 0 Å². The molecule has 2 aromatic rings. The van der Waals surface area contributed by atoms with Crippen molar-refractivity contribution in [2.45, 2.75) is 26.0 Å². The van der Waals surface area contributed by atoms with Gasteiger partial charge in [0.1, 0.15) is 5.75 Å². The number of sulfone groups is 1. The maximum Gasteiger partial charge on any atom is 0.154 e. The van der Waals surface area contributed by atoms with E-state index in [1.54, 1.807) is 7.11 Å². The van der Waals surface area contributed by atoms with E-state index in [4.69, 9.17) is 4.74 Å². The highest BCUT2D eigenvalue weighted by molar-refractivity contribution is 7.90. The van der Waals surface area contributed by atoms with E-state index >= 15 is 0 Å². The van der Waals surface area contributed by atoms with Crippen molar-refractivity contribution in [2.75, 3.05) is 24.7 Å². The third-order valence-electron chi connectivity index (χ3n) is 5.38. The number of allylic oxidation sites excluding steroid dienone is 1. The van der Waals surface area contributed by atoms with Gasteiger partial charge in [0.25, 0.3) is 0 Å². The third-order valence-corrected chi connectivity index (χ3v) is 6.94. The van der Waals surface area contributed by atoms with Gasteiger partial charge >= 0.3 is 0 Å². The van der Waals surface area contributed by atoms with E-state index in [0.717, 1.165) is 44.4 Å². The molecule has 2 heterocycles. The number of aromatic nitrogens is 1. The fourth-order valence-electron chi connectivity index (χ4n) is 3.83. The number of nitrogens with one attached hydrogen (secondary N) is 1. The summed E-state index contributed by atoms with van der Waals surface area (Å²) in [7, 11) is 0.620. The van der Waals surface area contributed by atoms with Gasteiger partial charge in [-0.2, -0.15) is 0 Å². The molecule has 0 radical (unpaired) electrons. The maximum absolute atomic E-state index is 12.2. The Balaban J connectivity index is 2.04. The van der Waals surface area contributed by atoms with Gasteiger partial charge in [-0.15, -0.1) is 0 Å². The van der Waals surface area contributed by atoms with E-state index in [9.17, 15) is 8.42 Å². The number of hydrogen-bond acceptors (Lipinski definition) is 4. The second-order valence-corrected chi connectivity index (χ2v) is 9.43. The van der Waals surface area contributed by atoms with Crippen molar-refractivity contribution in [2.24, 2.45) is 7.05 Å². The zero-order valence-corrected chi connectivity index (χ0v) is 17.8. The van der Waals surface area contributed by atoms with Crippen molar-refractivity contribution >= 4 is 27.2 Å². The minimum atomic E-state index is -3.05. The Morgan fingerprint density at radius 1 is 1.39 bits per heavy atom. The molecule has 3 rings (SSSR count). The van der Waals surface area contributed by atoms with Crippen LogP contribution in [0.1, 0.15) is 23.7 Å². The molecule has 0 amide bonds. The van der Waals surface area contributed by atoms with Crippen LogP contribution in [0.4, 0.5) is 5.69 Å². The SMILES string of the molecule is C=C/C(C)=c1\c(=C/CNc2ccc(C)c(OC)c2)c2c(n1C)CCS(=O)(=O)C2. The summed E-state index contributed by atoms with van der Waals surface area (Å²) in [6.07, 6.45) is 4.46. The summed E-state index contributed by atoms with van der Waals surface area (Å²) in [5.74, 6) is 1.15. The lowest BCUT2D eigenvalue weighted by atomic mass is 10.1. The molecule has 6 heteroatoms. The van der Waals surface area contributed by atoms with E-state index in [0.29, 0.717) is 13.0 Å². The van der Waals surface area contributed by atoms with Crippen LogP contribution in [0.3, 0.4) is 0 Å². The molecule has 0 saturated heterocycles. The minimum Gasteiger partial charge on any atom is -0.496 e. The maximum atomic E-state index is 12.2. The van der Waals surface area contributed by atoms with E-state index in [-0.39, 0.29) is 11.5 Å². The highest BCUT2D eigenvalue weighted by Crippen LogP contribution is 2.22. The Labute approximate surface area is 167 Å². The summed E-state index contributed by atoms with van der Waals surface area (Å²) in [6, 6.07) is 5.99. The topological polar surface area (TPSA) is 60.3 Å². The van der Waals surface area contributed by atoms with Gasteiger partial charge in [-0.05, 0) is 36.6 Å². The zero-order chi connectivity index (χ0) is 20.5. The highest BCUT2D eigenvalue weighted by Gasteiger charge is 2.25. The van der Waals surface area contributed by atoms with E-state index in [1.807, 2.05) is 45.2 Å². The molecule has 1 aromatic carbocycles. The first-order valence-corrected chi connectivity index (χ1v) is 11.2. The average Bonchev–Trinajstić information content (AvgIpc) is 2.92. The van der Waals surface area contributed by atoms with Crippen LogP contribution >= 0.6 is 0 Å². The molecule has 0 bridgehead atoms.